The SMILES string of the molecule is NCCCC(=O)O.[H-].[Li+].[Rh]. The molecule has 0 aromatic carbocycles. The van der Waals surface area contributed by atoms with E-state index in [9.17, 15) is 4.79 Å². The number of rotatable bonds is 3. The average Bonchev–Trinajstić information content (AvgIpc) is 1.61. The molecule has 0 unspecified atom stereocenters. The van der Waals surface area contributed by atoms with E-state index in [0.29, 0.717) is 13.0 Å². The molecule has 3 N–H and O–H groups in total. The zero-order chi connectivity index (χ0) is 5.70. The van der Waals surface area contributed by atoms with E-state index in [4.69, 9.17) is 10.8 Å². The van der Waals surface area contributed by atoms with Gasteiger partial charge in [0.1, 0.15) is 0 Å². The molecule has 0 aliphatic carbocycles. The number of hydrogen-bond donors (Lipinski definition) is 2. The van der Waals surface area contributed by atoms with Crippen LogP contribution in [0.3, 0.4) is 0 Å². The summed E-state index contributed by atoms with van der Waals surface area (Å²) in [6.07, 6.45) is 0.770. The number of carbonyl (C=O) groups is 1. The molecular formula is C4H10LiNO2Rh. The van der Waals surface area contributed by atoms with E-state index in [1.165, 1.54) is 0 Å². The van der Waals surface area contributed by atoms with Crippen molar-refractivity contribution in [2.75, 3.05) is 6.54 Å². The maximum atomic E-state index is 9.70. The summed E-state index contributed by atoms with van der Waals surface area (Å²) >= 11 is 0. The maximum absolute atomic E-state index is 9.70. The summed E-state index contributed by atoms with van der Waals surface area (Å²) in [5.74, 6) is -0.773. The molecule has 0 saturated heterocycles. The summed E-state index contributed by atoms with van der Waals surface area (Å²) in [4.78, 5) is 9.70. The van der Waals surface area contributed by atoms with Gasteiger partial charge in [-0.1, -0.05) is 0 Å². The van der Waals surface area contributed by atoms with Gasteiger partial charge < -0.3 is 12.3 Å². The summed E-state index contributed by atoms with van der Waals surface area (Å²) in [5, 5.41) is 7.99. The molecule has 0 fully saturated rings. The molecule has 0 aromatic heterocycles. The van der Waals surface area contributed by atoms with Crippen LogP contribution in [0.1, 0.15) is 14.3 Å². The van der Waals surface area contributed by atoms with Crippen LogP contribution in [0.2, 0.25) is 0 Å². The normalized spacial score (nSPS) is 6.78. The Morgan fingerprint density at radius 1 is 1.67 bits per heavy atom. The van der Waals surface area contributed by atoms with Gasteiger partial charge in [0.05, 0.1) is 0 Å². The maximum Gasteiger partial charge on any atom is 1.00 e. The molecule has 0 heterocycles. The molecule has 0 aliphatic rings. The zero-order valence-electron chi connectivity index (χ0n) is 6.39. The van der Waals surface area contributed by atoms with Crippen LogP contribution in [0.25, 0.3) is 0 Å². The Morgan fingerprint density at radius 3 is 2.22 bits per heavy atom. The summed E-state index contributed by atoms with van der Waals surface area (Å²) in [5.41, 5.74) is 5.01. The molecule has 1 radical (unpaired) electrons. The second kappa shape index (κ2) is 11.4. The van der Waals surface area contributed by atoms with Gasteiger partial charge in [-0.2, -0.15) is 0 Å². The van der Waals surface area contributed by atoms with E-state index in [0.717, 1.165) is 0 Å². The van der Waals surface area contributed by atoms with Gasteiger partial charge in [-0.15, -0.1) is 0 Å². The van der Waals surface area contributed by atoms with Gasteiger partial charge in [0.25, 0.3) is 0 Å². The van der Waals surface area contributed by atoms with Gasteiger partial charge in [0.2, 0.25) is 0 Å². The first-order valence-corrected chi connectivity index (χ1v) is 2.19. The molecule has 53 valence electrons. The van der Waals surface area contributed by atoms with Crippen molar-refractivity contribution < 1.29 is 49.7 Å². The predicted octanol–water partition coefficient (Wildman–Crippen LogP) is -3.08. The second-order valence-electron chi connectivity index (χ2n) is 1.29. The zero-order valence-corrected chi connectivity index (χ0v) is 7.03. The van der Waals surface area contributed by atoms with Gasteiger partial charge in [-0.25, -0.2) is 0 Å². The van der Waals surface area contributed by atoms with Crippen LogP contribution in [0.15, 0.2) is 0 Å². The third-order valence-electron chi connectivity index (χ3n) is 0.595. The fourth-order valence-corrected chi connectivity index (χ4v) is 0.253. The van der Waals surface area contributed by atoms with Gasteiger partial charge in [-0.3, -0.25) is 4.79 Å². The molecule has 5 heteroatoms. The van der Waals surface area contributed by atoms with Crippen LogP contribution in [-0.4, -0.2) is 17.6 Å². The van der Waals surface area contributed by atoms with Gasteiger partial charge in [0, 0.05) is 25.9 Å². The number of carboxylic acids is 1. The molecule has 9 heavy (non-hydrogen) atoms. The van der Waals surface area contributed by atoms with Gasteiger partial charge in [-0.05, 0) is 13.0 Å². The van der Waals surface area contributed by atoms with Crippen molar-refractivity contribution in [2.45, 2.75) is 12.8 Å². The van der Waals surface area contributed by atoms with Crippen LogP contribution in [0, 0.1) is 0 Å². The van der Waals surface area contributed by atoms with E-state index in [-0.39, 0.29) is 46.2 Å². The third kappa shape index (κ3) is 17.7. The standard InChI is InChI=1S/C4H9NO2.Li.Rh.H/c5-3-1-2-4(6)7;;;/h1-3,5H2,(H,6,7);;;/q;+1;;-1. The van der Waals surface area contributed by atoms with Crippen molar-refractivity contribution in [3.05, 3.63) is 0 Å². The first kappa shape index (κ1) is 16.3. The monoisotopic (exact) mass is 214 g/mol. The Kier molecular flexibility index (Phi) is 20.8. The molecule has 0 amide bonds. The van der Waals surface area contributed by atoms with Crippen molar-refractivity contribution in [3.8, 4) is 0 Å². The van der Waals surface area contributed by atoms with Crippen LogP contribution in [-0.2, 0) is 24.3 Å². The molecule has 0 atom stereocenters. The number of nitrogens with two attached hydrogens (primary N) is 1. The van der Waals surface area contributed by atoms with Crippen molar-refractivity contribution in [2.24, 2.45) is 5.73 Å². The Labute approximate surface area is 80.8 Å². The minimum atomic E-state index is -0.773. The summed E-state index contributed by atoms with van der Waals surface area (Å²) in [6.45, 7) is 0.465. The number of carboxylic acid groups (broad SMARTS) is 1. The molecule has 0 spiro atoms. The topological polar surface area (TPSA) is 63.3 Å². The van der Waals surface area contributed by atoms with Crippen molar-refractivity contribution >= 4 is 5.97 Å². The molecule has 0 aromatic rings. The molecule has 3 nitrogen and oxygen atoms in total. The smallest absolute Gasteiger partial charge is 1.00 e. The minimum absolute atomic E-state index is 0. The van der Waals surface area contributed by atoms with E-state index in [1.807, 2.05) is 0 Å². The largest absolute Gasteiger partial charge is 1.00 e. The van der Waals surface area contributed by atoms with Crippen molar-refractivity contribution in [1.29, 1.82) is 0 Å². The van der Waals surface area contributed by atoms with Gasteiger partial charge in [0.15, 0.2) is 0 Å². The average molecular weight is 214 g/mol. The molecule has 0 rings (SSSR count). The molecule has 0 bridgehead atoms. The summed E-state index contributed by atoms with van der Waals surface area (Å²) in [6, 6.07) is 0. The first-order chi connectivity index (χ1) is 3.27. The minimum Gasteiger partial charge on any atom is -1.00 e. The van der Waals surface area contributed by atoms with E-state index in [1.54, 1.807) is 0 Å². The molecule has 0 aliphatic heterocycles. The number of aliphatic carboxylic acids is 1. The second-order valence-corrected chi connectivity index (χ2v) is 1.29. The molecular weight excluding hydrogens is 204 g/mol. The Balaban J connectivity index is -0.0000000600. The molecule has 0 saturated carbocycles. The van der Waals surface area contributed by atoms with Crippen LogP contribution >= 0.6 is 0 Å². The third-order valence-corrected chi connectivity index (χ3v) is 0.595. The number of hydrogen-bond acceptors (Lipinski definition) is 2. The Hall–Kier alpha value is 0.651. The van der Waals surface area contributed by atoms with Crippen LogP contribution in [0.5, 0.6) is 0 Å². The Bertz CT molecular complexity index is 76.3. The van der Waals surface area contributed by atoms with Gasteiger partial charge >= 0.3 is 24.8 Å². The van der Waals surface area contributed by atoms with E-state index in [2.05, 4.69) is 0 Å². The fourth-order valence-electron chi connectivity index (χ4n) is 0.253. The van der Waals surface area contributed by atoms with E-state index >= 15 is 0 Å². The van der Waals surface area contributed by atoms with Crippen molar-refractivity contribution in [3.63, 3.8) is 0 Å². The Morgan fingerprint density at radius 2 is 2.11 bits per heavy atom. The van der Waals surface area contributed by atoms with Crippen LogP contribution < -0.4 is 24.6 Å². The van der Waals surface area contributed by atoms with Crippen LogP contribution in [0.4, 0.5) is 0 Å². The van der Waals surface area contributed by atoms with Crippen molar-refractivity contribution in [1.82, 2.24) is 0 Å². The van der Waals surface area contributed by atoms with E-state index < -0.39 is 5.97 Å². The predicted molar refractivity (Wildman–Crippen MR) is 27.0 cm³/mol. The fraction of sp³-hybridized carbons (Fsp3) is 0.750. The quantitative estimate of drug-likeness (QED) is 0.490. The summed E-state index contributed by atoms with van der Waals surface area (Å²) in [7, 11) is 0. The summed E-state index contributed by atoms with van der Waals surface area (Å²) < 4.78 is 0. The first-order valence-electron chi connectivity index (χ1n) is 2.19.